The lowest BCUT2D eigenvalue weighted by atomic mass is 9.98. The minimum Gasteiger partial charge on any atom is -0.329 e. The fourth-order valence-corrected chi connectivity index (χ4v) is 5.04. The highest BCUT2D eigenvalue weighted by Gasteiger charge is 2.31. The van der Waals surface area contributed by atoms with Gasteiger partial charge in [0.15, 0.2) is 0 Å². The van der Waals surface area contributed by atoms with Gasteiger partial charge in [0.1, 0.15) is 0 Å². The van der Waals surface area contributed by atoms with Crippen LogP contribution in [0.4, 0.5) is 0 Å². The molecule has 0 aromatic carbocycles. The van der Waals surface area contributed by atoms with Crippen LogP contribution < -0.4 is 0 Å². The van der Waals surface area contributed by atoms with Crippen LogP contribution in [0.3, 0.4) is 0 Å². The van der Waals surface area contributed by atoms with Gasteiger partial charge in [0.25, 0.3) is 5.91 Å². The number of aromatic nitrogens is 2. The molecule has 2 aromatic heterocycles. The van der Waals surface area contributed by atoms with Gasteiger partial charge < -0.3 is 4.90 Å². The van der Waals surface area contributed by atoms with Crippen LogP contribution in [0.2, 0.25) is 0 Å². The number of aryl methyl sites for hydroxylation is 3. The van der Waals surface area contributed by atoms with Crippen LogP contribution in [0.1, 0.15) is 64.0 Å². The van der Waals surface area contributed by atoms with E-state index in [1.54, 1.807) is 11.3 Å². The molecule has 2 aliphatic rings. The van der Waals surface area contributed by atoms with Crippen molar-refractivity contribution >= 4 is 17.2 Å². The van der Waals surface area contributed by atoms with E-state index in [4.69, 9.17) is 0 Å². The van der Waals surface area contributed by atoms with E-state index in [1.807, 2.05) is 17.9 Å². The van der Waals surface area contributed by atoms with Crippen LogP contribution in [-0.4, -0.2) is 27.1 Å². The van der Waals surface area contributed by atoms with Gasteiger partial charge in [0.2, 0.25) is 0 Å². The van der Waals surface area contributed by atoms with E-state index in [1.165, 1.54) is 29.7 Å². The van der Waals surface area contributed by atoms with Crippen molar-refractivity contribution < 1.29 is 4.79 Å². The molecule has 1 aliphatic carbocycles. The number of carbonyl (C=O) groups is 1. The Morgan fingerprint density at radius 1 is 1.26 bits per heavy atom. The summed E-state index contributed by atoms with van der Waals surface area (Å²) in [5, 5.41) is 4.55. The van der Waals surface area contributed by atoms with E-state index in [2.05, 4.69) is 22.1 Å². The van der Waals surface area contributed by atoms with Gasteiger partial charge in [-0.05, 0) is 62.6 Å². The molecule has 0 saturated carbocycles. The molecule has 2 aromatic rings. The second kappa shape index (κ2) is 6.11. The Hall–Kier alpha value is -1.62. The second-order valence-corrected chi connectivity index (χ2v) is 7.83. The van der Waals surface area contributed by atoms with Gasteiger partial charge in [-0.15, -0.1) is 11.3 Å². The van der Waals surface area contributed by atoms with Gasteiger partial charge in [-0.1, -0.05) is 0 Å². The number of hydrogen-bond donors (Lipinski definition) is 0. The fraction of sp³-hybridized carbons (Fsp3) is 0.556. The number of fused-ring (bicyclic) bond motifs is 1. The quantitative estimate of drug-likeness (QED) is 0.842. The van der Waals surface area contributed by atoms with Crippen LogP contribution in [0.15, 0.2) is 18.3 Å². The number of piperidine rings is 1. The molecule has 122 valence electrons. The largest absolute Gasteiger partial charge is 0.329 e. The van der Waals surface area contributed by atoms with Crippen LogP contribution in [0, 0.1) is 0 Å². The van der Waals surface area contributed by atoms with E-state index < -0.39 is 0 Å². The lowest BCUT2D eigenvalue weighted by Gasteiger charge is -2.34. The smallest absolute Gasteiger partial charge is 0.264 e. The van der Waals surface area contributed by atoms with E-state index in [0.717, 1.165) is 42.8 Å². The molecule has 1 atom stereocenters. The number of hydrogen-bond acceptors (Lipinski definition) is 3. The molecule has 1 fully saturated rings. The number of rotatable bonds is 2. The molecule has 0 bridgehead atoms. The number of likely N-dealkylation sites (tertiary alicyclic amines) is 1. The molecular formula is C18H23N3OS. The summed E-state index contributed by atoms with van der Waals surface area (Å²) in [5.41, 5.74) is 2.44. The van der Waals surface area contributed by atoms with Crippen molar-refractivity contribution in [1.29, 1.82) is 0 Å². The third kappa shape index (κ3) is 2.82. The first-order valence-electron chi connectivity index (χ1n) is 8.64. The van der Waals surface area contributed by atoms with Crippen molar-refractivity contribution in [1.82, 2.24) is 14.7 Å². The van der Waals surface area contributed by atoms with Crippen LogP contribution >= 0.6 is 11.3 Å². The highest BCUT2D eigenvalue weighted by atomic mass is 32.1. The summed E-state index contributed by atoms with van der Waals surface area (Å²) in [5.74, 6) is 0.208. The minimum absolute atomic E-state index is 0.136. The molecule has 4 nitrogen and oxygen atoms in total. The summed E-state index contributed by atoms with van der Waals surface area (Å²) >= 11 is 1.72. The third-order valence-electron chi connectivity index (χ3n) is 5.05. The predicted molar refractivity (Wildman–Crippen MR) is 91.8 cm³/mol. The molecule has 5 heteroatoms. The first-order chi connectivity index (χ1) is 11.2. The summed E-state index contributed by atoms with van der Waals surface area (Å²) in [6.07, 6.45) is 10.1. The minimum atomic E-state index is 0.136. The second-order valence-electron chi connectivity index (χ2n) is 6.69. The van der Waals surface area contributed by atoms with Crippen molar-refractivity contribution in [2.24, 2.45) is 7.05 Å². The first-order valence-corrected chi connectivity index (χ1v) is 9.46. The number of amides is 1. The number of nitrogens with zero attached hydrogens (tertiary/aromatic N) is 3. The third-order valence-corrected chi connectivity index (χ3v) is 6.27. The molecule has 0 N–H and O–H groups in total. The topological polar surface area (TPSA) is 38.1 Å². The lowest BCUT2D eigenvalue weighted by molar-refractivity contribution is 0.0610. The fourth-order valence-electron chi connectivity index (χ4n) is 3.83. The zero-order chi connectivity index (χ0) is 15.8. The molecule has 0 spiro atoms. The molecule has 0 unspecified atom stereocenters. The van der Waals surface area contributed by atoms with Crippen molar-refractivity contribution in [3.8, 4) is 0 Å². The number of thiophene rings is 1. The number of carbonyl (C=O) groups excluding carboxylic acids is 1. The Labute approximate surface area is 141 Å². The van der Waals surface area contributed by atoms with Gasteiger partial charge in [-0.25, -0.2) is 0 Å². The Balaban J connectivity index is 1.61. The lowest BCUT2D eigenvalue weighted by Crippen LogP contribution is -2.38. The van der Waals surface area contributed by atoms with Gasteiger partial charge in [-0.3, -0.25) is 9.48 Å². The molecule has 1 saturated heterocycles. The van der Waals surface area contributed by atoms with E-state index in [9.17, 15) is 4.79 Å². The van der Waals surface area contributed by atoms with Crippen molar-refractivity contribution in [2.75, 3.05) is 6.54 Å². The van der Waals surface area contributed by atoms with Crippen LogP contribution in [0.25, 0.3) is 0 Å². The Morgan fingerprint density at radius 3 is 2.91 bits per heavy atom. The molecule has 4 rings (SSSR count). The molecule has 23 heavy (non-hydrogen) atoms. The molecule has 3 heterocycles. The zero-order valence-electron chi connectivity index (χ0n) is 13.6. The first kappa shape index (κ1) is 14.9. The summed E-state index contributed by atoms with van der Waals surface area (Å²) in [4.78, 5) is 17.5. The normalized spacial score (nSPS) is 21.3. The maximum atomic E-state index is 13.1. The predicted octanol–water partition coefficient (Wildman–Crippen LogP) is 3.73. The summed E-state index contributed by atoms with van der Waals surface area (Å²) in [6.45, 7) is 0.850. The van der Waals surface area contributed by atoms with Crippen LogP contribution in [-0.2, 0) is 19.9 Å². The van der Waals surface area contributed by atoms with Gasteiger partial charge in [-0.2, -0.15) is 5.10 Å². The summed E-state index contributed by atoms with van der Waals surface area (Å²) in [6, 6.07) is 4.35. The molecule has 1 amide bonds. The Morgan fingerprint density at radius 2 is 2.13 bits per heavy atom. The SMILES string of the molecule is Cn1ccc([C@@H]2CCCCN2C(=O)c2cc3c(s2)CCCC3)n1. The van der Waals surface area contributed by atoms with Crippen molar-refractivity contribution in [3.63, 3.8) is 0 Å². The standard InChI is InChI=1S/C18H23N3OS/c1-20-11-9-14(19-20)15-7-4-5-10-21(15)18(22)17-12-13-6-2-3-8-16(13)23-17/h9,11-12,15H,2-8,10H2,1H3/t15-/m0/s1. The maximum absolute atomic E-state index is 13.1. The molecule has 1 aliphatic heterocycles. The average molecular weight is 329 g/mol. The maximum Gasteiger partial charge on any atom is 0.264 e. The van der Waals surface area contributed by atoms with Gasteiger partial charge >= 0.3 is 0 Å². The van der Waals surface area contributed by atoms with E-state index in [0.29, 0.717) is 0 Å². The summed E-state index contributed by atoms with van der Waals surface area (Å²) in [7, 11) is 1.94. The monoisotopic (exact) mass is 329 g/mol. The van der Waals surface area contributed by atoms with Crippen molar-refractivity contribution in [2.45, 2.75) is 51.0 Å². The summed E-state index contributed by atoms with van der Waals surface area (Å²) < 4.78 is 1.83. The molecule has 0 radical (unpaired) electrons. The highest BCUT2D eigenvalue weighted by Crippen LogP contribution is 2.35. The zero-order valence-corrected chi connectivity index (χ0v) is 14.4. The highest BCUT2D eigenvalue weighted by molar-refractivity contribution is 7.14. The Bertz CT molecular complexity index is 694. The van der Waals surface area contributed by atoms with E-state index in [-0.39, 0.29) is 11.9 Å². The van der Waals surface area contributed by atoms with Gasteiger partial charge in [0, 0.05) is 24.7 Å². The van der Waals surface area contributed by atoms with Gasteiger partial charge in [0.05, 0.1) is 16.6 Å². The van der Waals surface area contributed by atoms with E-state index >= 15 is 0 Å². The van der Waals surface area contributed by atoms with Crippen molar-refractivity contribution in [3.05, 3.63) is 39.3 Å². The average Bonchev–Trinajstić information content (AvgIpc) is 3.20. The molecular weight excluding hydrogens is 306 g/mol. The Kier molecular flexibility index (Phi) is 3.97. The van der Waals surface area contributed by atoms with Crippen LogP contribution in [0.5, 0.6) is 0 Å².